The first-order chi connectivity index (χ1) is 11.7. The zero-order valence-electron chi connectivity index (χ0n) is 13.6. The summed E-state index contributed by atoms with van der Waals surface area (Å²) in [5.74, 6) is 0.862. The Bertz CT molecular complexity index is 706. The Morgan fingerprint density at radius 1 is 1.29 bits per heavy atom. The Hall–Kier alpha value is -2.50. The van der Waals surface area contributed by atoms with E-state index in [1.807, 2.05) is 11.8 Å². The van der Waals surface area contributed by atoms with Gasteiger partial charge in [-0.25, -0.2) is 9.37 Å². The van der Waals surface area contributed by atoms with E-state index in [0.717, 1.165) is 25.1 Å². The number of carbonyl (C=O) groups excluding carboxylic acids is 1. The van der Waals surface area contributed by atoms with Gasteiger partial charge in [0, 0.05) is 37.8 Å². The maximum Gasteiger partial charge on any atom is 0.241 e. The molecule has 24 heavy (non-hydrogen) atoms. The van der Waals surface area contributed by atoms with Gasteiger partial charge in [0.1, 0.15) is 17.3 Å². The second-order valence-electron chi connectivity index (χ2n) is 5.84. The number of hydrogen-bond donors (Lipinski definition) is 0. The third-order valence-corrected chi connectivity index (χ3v) is 4.18. The Morgan fingerprint density at radius 2 is 2.04 bits per heavy atom. The molecular weight excluding hydrogens is 309 g/mol. The summed E-state index contributed by atoms with van der Waals surface area (Å²) in [6, 6.07) is 5.80. The van der Waals surface area contributed by atoms with Gasteiger partial charge in [-0.15, -0.1) is 0 Å². The van der Waals surface area contributed by atoms with Crippen molar-refractivity contribution in [1.29, 1.82) is 0 Å². The van der Waals surface area contributed by atoms with E-state index in [0.29, 0.717) is 24.6 Å². The van der Waals surface area contributed by atoms with Crippen LogP contribution in [0.15, 0.2) is 36.7 Å². The number of halogens is 1. The largest absolute Gasteiger partial charge is 0.437 e. The predicted molar refractivity (Wildman–Crippen MR) is 87.4 cm³/mol. The van der Waals surface area contributed by atoms with E-state index >= 15 is 0 Å². The fourth-order valence-corrected chi connectivity index (χ4v) is 2.96. The summed E-state index contributed by atoms with van der Waals surface area (Å²) in [5.41, 5.74) is 0.746. The molecule has 1 amide bonds. The molecular formula is C18H20FN3O2. The van der Waals surface area contributed by atoms with Gasteiger partial charge in [-0.1, -0.05) is 6.92 Å². The summed E-state index contributed by atoms with van der Waals surface area (Å²) < 4.78 is 18.8. The second kappa shape index (κ2) is 7.38. The van der Waals surface area contributed by atoms with Gasteiger partial charge >= 0.3 is 0 Å². The highest BCUT2D eigenvalue weighted by Gasteiger charge is 2.27. The topological polar surface area (TPSA) is 55.3 Å². The van der Waals surface area contributed by atoms with E-state index in [4.69, 9.17) is 4.74 Å². The lowest BCUT2D eigenvalue weighted by Crippen LogP contribution is -2.39. The molecule has 2 aromatic rings. The lowest BCUT2D eigenvalue weighted by Gasteiger charge is -2.32. The van der Waals surface area contributed by atoms with Gasteiger partial charge in [0.15, 0.2) is 0 Å². The zero-order valence-corrected chi connectivity index (χ0v) is 13.6. The molecule has 5 nitrogen and oxygen atoms in total. The fraction of sp³-hybridized carbons (Fsp3) is 0.389. The molecule has 0 bridgehead atoms. The molecule has 1 aromatic heterocycles. The third-order valence-electron chi connectivity index (χ3n) is 4.18. The lowest BCUT2D eigenvalue weighted by molar-refractivity contribution is -0.132. The van der Waals surface area contributed by atoms with Gasteiger partial charge in [0.05, 0.1) is 0 Å². The summed E-state index contributed by atoms with van der Waals surface area (Å²) in [4.78, 5) is 22.6. The Balaban J connectivity index is 1.80. The highest BCUT2D eigenvalue weighted by atomic mass is 19.1. The summed E-state index contributed by atoms with van der Waals surface area (Å²) in [7, 11) is 0. The van der Waals surface area contributed by atoms with Gasteiger partial charge in [-0.05, 0) is 37.1 Å². The number of piperidine rings is 1. The van der Waals surface area contributed by atoms with Crippen molar-refractivity contribution in [3.05, 3.63) is 48.2 Å². The molecule has 0 spiro atoms. The molecule has 0 aliphatic carbocycles. The summed E-state index contributed by atoms with van der Waals surface area (Å²) in [5, 5.41) is 0. The van der Waals surface area contributed by atoms with Crippen molar-refractivity contribution < 1.29 is 13.9 Å². The van der Waals surface area contributed by atoms with Crippen LogP contribution in [0.4, 0.5) is 4.39 Å². The molecule has 1 aliphatic heterocycles. The summed E-state index contributed by atoms with van der Waals surface area (Å²) in [6.07, 6.45) is 5.58. The average molecular weight is 329 g/mol. The Kier molecular flexibility index (Phi) is 5.03. The number of aromatic nitrogens is 2. The lowest BCUT2D eigenvalue weighted by atomic mass is 9.94. The monoisotopic (exact) mass is 329 g/mol. The van der Waals surface area contributed by atoms with Crippen LogP contribution in [0.2, 0.25) is 0 Å². The first-order valence-corrected chi connectivity index (χ1v) is 8.19. The minimum atomic E-state index is -0.317. The molecule has 0 saturated carbocycles. The average Bonchev–Trinajstić information content (AvgIpc) is 2.63. The minimum absolute atomic E-state index is 0.0957. The molecule has 3 rings (SSSR count). The van der Waals surface area contributed by atoms with Crippen molar-refractivity contribution in [3.63, 3.8) is 0 Å². The highest BCUT2D eigenvalue weighted by molar-refractivity contribution is 5.76. The molecule has 1 aliphatic rings. The van der Waals surface area contributed by atoms with Gasteiger partial charge in [-0.2, -0.15) is 0 Å². The number of amides is 1. The van der Waals surface area contributed by atoms with Crippen LogP contribution in [0.5, 0.6) is 11.6 Å². The number of likely N-dealkylation sites (tertiary alicyclic amines) is 1. The van der Waals surface area contributed by atoms with Crippen molar-refractivity contribution in [3.8, 4) is 11.6 Å². The van der Waals surface area contributed by atoms with Crippen molar-refractivity contribution in [2.24, 2.45) is 0 Å². The molecule has 1 saturated heterocycles. The zero-order chi connectivity index (χ0) is 16.9. The molecule has 1 fully saturated rings. The van der Waals surface area contributed by atoms with Crippen molar-refractivity contribution in [2.75, 3.05) is 13.1 Å². The van der Waals surface area contributed by atoms with E-state index in [1.165, 1.54) is 12.1 Å². The highest BCUT2D eigenvalue weighted by Crippen LogP contribution is 2.32. The standard InChI is InChI=1S/C18H20FN3O2/c1-2-16(23)22-11-3-4-13(12-22)17-18(21-10-9-20-17)24-15-7-5-14(19)6-8-15/h5-10,13H,2-4,11-12H2,1H3/t13-/m1/s1. The quantitative estimate of drug-likeness (QED) is 0.861. The molecule has 126 valence electrons. The molecule has 1 atom stereocenters. The number of hydrogen-bond acceptors (Lipinski definition) is 4. The first kappa shape index (κ1) is 16.4. The normalized spacial score (nSPS) is 17.6. The van der Waals surface area contributed by atoms with Crippen LogP contribution in [0.1, 0.15) is 37.8 Å². The van der Waals surface area contributed by atoms with Crippen LogP contribution in [0.3, 0.4) is 0 Å². The van der Waals surface area contributed by atoms with E-state index in [-0.39, 0.29) is 17.6 Å². The van der Waals surface area contributed by atoms with Crippen LogP contribution in [-0.4, -0.2) is 33.9 Å². The molecule has 1 aromatic carbocycles. The van der Waals surface area contributed by atoms with Crippen LogP contribution < -0.4 is 4.74 Å². The van der Waals surface area contributed by atoms with Gasteiger partial charge in [0.25, 0.3) is 0 Å². The Labute approximate surface area is 140 Å². The molecule has 0 unspecified atom stereocenters. The van der Waals surface area contributed by atoms with E-state index < -0.39 is 0 Å². The van der Waals surface area contributed by atoms with E-state index in [9.17, 15) is 9.18 Å². The van der Waals surface area contributed by atoms with Crippen LogP contribution in [-0.2, 0) is 4.79 Å². The SMILES string of the molecule is CCC(=O)N1CCC[C@@H](c2nccnc2Oc2ccc(F)cc2)C1. The van der Waals surface area contributed by atoms with Crippen LogP contribution >= 0.6 is 0 Å². The van der Waals surface area contributed by atoms with Crippen LogP contribution in [0, 0.1) is 5.82 Å². The molecule has 0 N–H and O–H groups in total. The minimum Gasteiger partial charge on any atom is -0.437 e. The van der Waals surface area contributed by atoms with E-state index in [1.54, 1.807) is 24.5 Å². The Morgan fingerprint density at radius 3 is 2.79 bits per heavy atom. The number of benzene rings is 1. The summed E-state index contributed by atoms with van der Waals surface area (Å²) >= 11 is 0. The predicted octanol–water partition coefficient (Wildman–Crippen LogP) is 3.52. The second-order valence-corrected chi connectivity index (χ2v) is 5.84. The smallest absolute Gasteiger partial charge is 0.241 e. The maximum atomic E-state index is 13.0. The van der Waals surface area contributed by atoms with Crippen LogP contribution in [0.25, 0.3) is 0 Å². The van der Waals surface area contributed by atoms with Crippen molar-refractivity contribution >= 4 is 5.91 Å². The maximum absolute atomic E-state index is 13.0. The van der Waals surface area contributed by atoms with Gasteiger partial charge in [0.2, 0.25) is 11.8 Å². The van der Waals surface area contributed by atoms with Crippen molar-refractivity contribution in [2.45, 2.75) is 32.1 Å². The first-order valence-electron chi connectivity index (χ1n) is 8.19. The third kappa shape index (κ3) is 3.69. The fourth-order valence-electron chi connectivity index (χ4n) is 2.96. The van der Waals surface area contributed by atoms with Gasteiger partial charge in [-0.3, -0.25) is 9.78 Å². The van der Waals surface area contributed by atoms with Gasteiger partial charge < -0.3 is 9.64 Å². The number of nitrogens with zero attached hydrogens (tertiary/aromatic N) is 3. The molecule has 6 heteroatoms. The molecule has 0 radical (unpaired) electrons. The van der Waals surface area contributed by atoms with E-state index in [2.05, 4.69) is 9.97 Å². The van der Waals surface area contributed by atoms with Crippen molar-refractivity contribution in [1.82, 2.24) is 14.9 Å². The number of ether oxygens (including phenoxy) is 1. The molecule has 2 heterocycles. The number of rotatable bonds is 4. The summed E-state index contributed by atoms with van der Waals surface area (Å²) in [6.45, 7) is 3.29. The number of carbonyl (C=O) groups is 1.